The molecule has 3 heterocycles. The van der Waals surface area contributed by atoms with Gasteiger partial charge in [0.2, 0.25) is 0 Å². The lowest BCUT2D eigenvalue weighted by atomic mass is 9.89. The Hall–Kier alpha value is -2.10. The zero-order valence-electron chi connectivity index (χ0n) is 16.7. The van der Waals surface area contributed by atoms with Crippen LogP contribution in [0.4, 0.5) is 0 Å². The summed E-state index contributed by atoms with van der Waals surface area (Å²) in [6.07, 6.45) is 2.34. The van der Waals surface area contributed by atoms with E-state index in [2.05, 4.69) is 39.3 Å². The number of fused-ring (bicyclic) bond motifs is 2. The van der Waals surface area contributed by atoms with E-state index in [0.717, 1.165) is 23.6 Å². The highest BCUT2D eigenvalue weighted by molar-refractivity contribution is 6.99. The van der Waals surface area contributed by atoms with Crippen LogP contribution in [0.3, 0.4) is 0 Å². The van der Waals surface area contributed by atoms with Crippen molar-refractivity contribution in [1.29, 1.82) is 0 Å². The third-order valence-electron chi connectivity index (χ3n) is 5.67. The van der Waals surface area contributed by atoms with Crippen LogP contribution in [0.15, 0.2) is 24.3 Å². The fraction of sp³-hybridized carbons (Fsp3) is 0.545. The molecule has 1 aromatic carbocycles. The normalized spacial score (nSPS) is 24.5. The van der Waals surface area contributed by atoms with Crippen molar-refractivity contribution in [2.24, 2.45) is 11.8 Å². The molecule has 0 spiro atoms. The fourth-order valence-corrected chi connectivity index (χ4v) is 4.68. The van der Waals surface area contributed by atoms with Crippen molar-refractivity contribution >= 4 is 11.7 Å². The van der Waals surface area contributed by atoms with Gasteiger partial charge in [-0.2, -0.15) is 4.37 Å². The molecule has 0 N–H and O–H groups in total. The number of nitrogens with zero attached hydrogens (tertiary/aromatic N) is 3. The summed E-state index contributed by atoms with van der Waals surface area (Å²) in [7, 11) is 1.66. The smallest absolute Gasteiger partial charge is 0.250 e. The van der Waals surface area contributed by atoms with Gasteiger partial charge in [0.15, 0.2) is 6.10 Å². The minimum absolute atomic E-state index is 0.227. The average Bonchev–Trinajstić information content (AvgIpc) is 3.28. The van der Waals surface area contributed by atoms with Gasteiger partial charge in [0.1, 0.15) is 11.4 Å². The zero-order chi connectivity index (χ0) is 19.5. The average molecular weight is 398 g/mol. The van der Waals surface area contributed by atoms with Gasteiger partial charge in [-0.15, -0.1) is 4.37 Å². The van der Waals surface area contributed by atoms with E-state index in [1.165, 1.54) is 37.7 Å². The number of methoxy groups -OCH3 is 1. The molecule has 4 atom stereocenters. The number of benzene rings is 1. The first-order valence-electron chi connectivity index (χ1n) is 10.0. The van der Waals surface area contributed by atoms with Crippen LogP contribution in [0.2, 0.25) is 0 Å². The summed E-state index contributed by atoms with van der Waals surface area (Å²) in [6, 6.07) is 7.79. The summed E-state index contributed by atoms with van der Waals surface area (Å²) in [4.78, 5) is 2.55. The highest BCUT2D eigenvalue weighted by Gasteiger charge is 2.39. The van der Waals surface area contributed by atoms with Crippen LogP contribution >= 0.6 is 11.7 Å². The number of hydrogen-bond donors (Lipinski definition) is 0. The van der Waals surface area contributed by atoms with Crippen LogP contribution in [0.5, 0.6) is 11.6 Å². The highest BCUT2D eigenvalue weighted by Crippen LogP contribution is 2.41. The summed E-state index contributed by atoms with van der Waals surface area (Å²) in [6.45, 7) is 7.72. The van der Waals surface area contributed by atoms with E-state index in [1.807, 2.05) is 24.3 Å². The summed E-state index contributed by atoms with van der Waals surface area (Å²) < 4.78 is 20.7. The summed E-state index contributed by atoms with van der Waals surface area (Å²) in [5.74, 6) is 9.38. The Bertz CT molecular complexity index is 870. The van der Waals surface area contributed by atoms with E-state index in [9.17, 15) is 0 Å². The molecule has 0 radical (unpaired) electrons. The quantitative estimate of drug-likeness (QED) is 0.718. The Morgan fingerprint density at radius 1 is 1.25 bits per heavy atom. The van der Waals surface area contributed by atoms with Gasteiger partial charge in [-0.25, -0.2) is 0 Å². The molecule has 148 valence electrons. The maximum absolute atomic E-state index is 6.30. The molecule has 2 bridgehead atoms. The molecule has 6 heteroatoms. The minimum atomic E-state index is -0.227. The first-order valence-corrected chi connectivity index (χ1v) is 10.7. The molecule has 28 heavy (non-hydrogen) atoms. The predicted molar refractivity (Wildman–Crippen MR) is 111 cm³/mol. The lowest BCUT2D eigenvalue weighted by molar-refractivity contribution is 0.196. The van der Waals surface area contributed by atoms with Gasteiger partial charge < -0.3 is 14.4 Å². The lowest BCUT2D eigenvalue weighted by Crippen LogP contribution is -2.25. The summed E-state index contributed by atoms with van der Waals surface area (Å²) >= 11 is 1.25. The molecule has 2 unspecified atom stereocenters. The molecule has 2 saturated heterocycles. The van der Waals surface area contributed by atoms with Crippen molar-refractivity contribution in [1.82, 2.24) is 13.6 Å². The van der Waals surface area contributed by atoms with E-state index >= 15 is 0 Å². The predicted octanol–water partition coefficient (Wildman–Crippen LogP) is 3.81. The van der Waals surface area contributed by atoms with Crippen molar-refractivity contribution in [3.05, 3.63) is 35.5 Å². The van der Waals surface area contributed by atoms with E-state index in [1.54, 1.807) is 7.11 Å². The third-order valence-corrected chi connectivity index (χ3v) is 6.20. The first kappa shape index (κ1) is 19.2. The van der Waals surface area contributed by atoms with Gasteiger partial charge in [0.05, 0.1) is 18.8 Å². The Labute approximate surface area is 171 Å². The van der Waals surface area contributed by atoms with Gasteiger partial charge in [-0.1, -0.05) is 31.8 Å². The number of aromatic nitrogens is 2. The van der Waals surface area contributed by atoms with Crippen molar-refractivity contribution in [3.63, 3.8) is 0 Å². The standard InChI is InChI=1S/C22H27N3O2S/c1-15(2)20(10-9-16-6-4-8-18(12-16)26-3)27-22-21(23-28-24-22)19-14-25-11-5-7-17(19)13-25/h4,6,8,12,15,17,19-20H,5,7,11,13-14H2,1-3H3/t17-,19-,20?/m0/s1. The monoisotopic (exact) mass is 397 g/mol. The van der Waals surface area contributed by atoms with Gasteiger partial charge in [-0.3, -0.25) is 0 Å². The van der Waals surface area contributed by atoms with Crippen LogP contribution in [-0.4, -0.2) is 46.5 Å². The fourth-order valence-electron chi connectivity index (χ4n) is 4.13. The lowest BCUT2D eigenvalue weighted by Gasteiger charge is -2.22. The molecule has 5 nitrogen and oxygen atoms in total. The Balaban J connectivity index is 1.52. The molecule has 2 aliphatic heterocycles. The maximum Gasteiger partial charge on any atom is 0.250 e. The topological polar surface area (TPSA) is 47.5 Å². The second-order valence-corrected chi connectivity index (χ2v) is 8.54. The molecule has 2 aromatic rings. The molecular formula is C22H27N3O2S. The minimum Gasteiger partial charge on any atom is -0.497 e. The first-order chi connectivity index (χ1) is 13.6. The van der Waals surface area contributed by atoms with Gasteiger partial charge in [0.25, 0.3) is 5.88 Å². The molecule has 1 aromatic heterocycles. The van der Waals surface area contributed by atoms with Crippen LogP contribution in [0, 0.1) is 23.7 Å². The molecule has 0 saturated carbocycles. The van der Waals surface area contributed by atoms with Gasteiger partial charge in [0, 0.05) is 30.5 Å². The van der Waals surface area contributed by atoms with Crippen LogP contribution in [0.1, 0.15) is 43.9 Å². The molecule has 0 amide bonds. The van der Waals surface area contributed by atoms with E-state index in [0.29, 0.717) is 17.7 Å². The van der Waals surface area contributed by atoms with E-state index in [-0.39, 0.29) is 12.0 Å². The number of rotatable bonds is 5. The summed E-state index contributed by atoms with van der Waals surface area (Å²) in [5, 5.41) is 0. The number of ether oxygens (including phenoxy) is 2. The molecule has 0 aliphatic carbocycles. The Morgan fingerprint density at radius 3 is 2.93 bits per heavy atom. The number of piperidine rings is 1. The molecule has 2 fully saturated rings. The van der Waals surface area contributed by atoms with Crippen LogP contribution in [0.25, 0.3) is 0 Å². The van der Waals surface area contributed by atoms with E-state index in [4.69, 9.17) is 9.47 Å². The second-order valence-electron chi connectivity index (χ2n) is 8.01. The van der Waals surface area contributed by atoms with Crippen LogP contribution in [-0.2, 0) is 0 Å². The third kappa shape index (κ3) is 4.16. The zero-order valence-corrected chi connectivity index (χ0v) is 17.5. The maximum atomic E-state index is 6.30. The Kier molecular flexibility index (Phi) is 5.84. The van der Waals surface area contributed by atoms with Gasteiger partial charge >= 0.3 is 0 Å². The second kappa shape index (κ2) is 8.50. The summed E-state index contributed by atoms with van der Waals surface area (Å²) in [5.41, 5.74) is 1.95. The van der Waals surface area contributed by atoms with Crippen LogP contribution < -0.4 is 9.47 Å². The van der Waals surface area contributed by atoms with Crippen molar-refractivity contribution in [2.45, 2.75) is 38.7 Å². The van der Waals surface area contributed by atoms with Gasteiger partial charge in [-0.05, 0) is 43.5 Å². The molecule has 2 aliphatic rings. The Morgan fingerprint density at radius 2 is 2.14 bits per heavy atom. The largest absolute Gasteiger partial charge is 0.497 e. The molecule has 4 rings (SSSR count). The van der Waals surface area contributed by atoms with Crippen molar-refractivity contribution in [3.8, 4) is 23.5 Å². The number of hydrogen-bond acceptors (Lipinski definition) is 6. The molecular weight excluding hydrogens is 370 g/mol. The highest BCUT2D eigenvalue weighted by atomic mass is 32.1. The van der Waals surface area contributed by atoms with Crippen molar-refractivity contribution in [2.75, 3.05) is 26.7 Å². The SMILES string of the molecule is COc1cccc(C#CC(Oc2nsnc2[C@H]2CN3CCC[C@H]2C3)C(C)C)c1. The van der Waals surface area contributed by atoms with Crippen molar-refractivity contribution < 1.29 is 9.47 Å². The van der Waals surface area contributed by atoms with E-state index < -0.39 is 0 Å².